The van der Waals surface area contributed by atoms with E-state index in [-0.39, 0.29) is 5.41 Å². The summed E-state index contributed by atoms with van der Waals surface area (Å²) in [6, 6.07) is 14.9. The first kappa shape index (κ1) is 30.5. The Hall–Kier alpha value is -2.70. The molecule has 0 atom stereocenters. The van der Waals surface area contributed by atoms with Crippen LogP contribution in [0.1, 0.15) is 25.0 Å². The van der Waals surface area contributed by atoms with Crippen molar-refractivity contribution in [2.75, 3.05) is 26.2 Å². The van der Waals surface area contributed by atoms with Gasteiger partial charge in [0.05, 0.1) is 0 Å². The molecule has 0 amide bonds. The molecule has 0 aliphatic carbocycles. The molecule has 10 heteroatoms. The van der Waals surface area contributed by atoms with Gasteiger partial charge in [0.15, 0.2) is 0 Å². The van der Waals surface area contributed by atoms with Gasteiger partial charge in [-0.1, -0.05) is 62.4 Å². The molecule has 4 N–H and O–H groups in total. The fraction of sp³-hybridized carbons (Fsp3) is 0.259. The molecule has 2 rings (SSSR count). The van der Waals surface area contributed by atoms with Gasteiger partial charge in [-0.3, -0.25) is 0 Å². The number of rotatable bonds is 18. The zero-order valence-electron chi connectivity index (χ0n) is 21.6. The van der Waals surface area contributed by atoms with Gasteiger partial charge in [-0.2, -0.15) is 0 Å². The molecule has 2 aromatic rings. The predicted molar refractivity (Wildman–Crippen MR) is 154 cm³/mol. The Morgan fingerprint density at radius 3 is 1.14 bits per heavy atom. The van der Waals surface area contributed by atoms with Gasteiger partial charge in [-0.15, -0.1) is 26.3 Å². The average molecular weight is 545 g/mol. The highest BCUT2D eigenvalue weighted by Gasteiger charge is 2.27. The third-order valence-corrected chi connectivity index (χ3v) is 8.73. The van der Waals surface area contributed by atoms with Crippen molar-refractivity contribution < 1.29 is 18.2 Å². The molecule has 0 fully saturated rings. The van der Waals surface area contributed by atoms with Gasteiger partial charge in [-0.05, 0) is 35.4 Å². The lowest BCUT2D eigenvalue weighted by atomic mass is 9.78. The van der Waals surface area contributed by atoms with Crippen molar-refractivity contribution in [3.05, 3.63) is 110 Å². The number of hydrogen-bond acceptors (Lipinski definition) is 4. The summed E-state index contributed by atoms with van der Waals surface area (Å²) in [6.07, 6.45) is 6.45. The maximum absolute atomic E-state index is 13.1. The molecule has 0 saturated carbocycles. The zero-order valence-corrected chi connectivity index (χ0v) is 23.4. The molecule has 0 spiro atoms. The van der Waals surface area contributed by atoms with Crippen LogP contribution in [0.4, 0.5) is 0 Å². The lowest BCUT2D eigenvalue weighted by molar-refractivity contribution is 0.456. The minimum atomic E-state index is -3.33. The molecule has 0 aliphatic heterocycles. The van der Waals surface area contributed by atoms with E-state index in [1.165, 1.54) is 0 Å². The summed E-state index contributed by atoms with van der Waals surface area (Å²) in [5.74, 6) is 0.934. The smallest absolute Gasteiger partial charge is 0.391 e. The number of hydrogen-bond donors (Lipinski definition) is 4. The van der Waals surface area contributed by atoms with Gasteiger partial charge in [-0.25, -0.2) is 29.5 Å². The topological polar surface area (TPSA) is 101 Å². The molecule has 200 valence electrons. The average Bonchev–Trinajstić information content (AvgIpc) is 2.89. The summed E-state index contributed by atoms with van der Waals surface area (Å²) in [6.45, 7) is 20.1. The van der Waals surface area contributed by atoms with Crippen LogP contribution in [0.2, 0.25) is 0 Å². The highest BCUT2D eigenvalue weighted by Crippen LogP contribution is 2.41. The number of benzene rings is 2. The second-order valence-corrected chi connectivity index (χ2v) is 12.4. The third kappa shape index (κ3) is 9.28. The van der Waals surface area contributed by atoms with E-state index in [0.717, 1.165) is 11.1 Å². The van der Waals surface area contributed by atoms with Crippen molar-refractivity contribution in [3.8, 4) is 11.5 Å². The molecule has 0 aromatic heterocycles. The SMILES string of the molecule is C=CCNP(=O)(NCC=C)Oc1ccc(C(C)(C)c2ccc(OP(=O)(NCC=C)NCC=C)cc2)cc1. The predicted octanol–water partition coefficient (Wildman–Crippen LogP) is 6.09. The van der Waals surface area contributed by atoms with Crippen molar-refractivity contribution in [2.24, 2.45) is 0 Å². The Morgan fingerprint density at radius 2 is 0.892 bits per heavy atom. The van der Waals surface area contributed by atoms with E-state index in [9.17, 15) is 9.13 Å². The first-order chi connectivity index (χ1) is 17.6. The number of nitrogens with one attached hydrogen (secondary N) is 4. The van der Waals surface area contributed by atoms with Crippen LogP contribution < -0.4 is 29.4 Å². The third-order valence-electron chi connectivity index (χ3n) is 5.40. The summed E-state index contributed by atoms with van der Waals surface area (Å²) in [5.41, 5.74) is 1.72. The van der Waals surface area contributed by atoms with Crippen LogP contribution >= 0.6 is 15.3 Å². The van der Waals surface area contributed by atoms with Crippen LogP contribution in [0.15, 0.2) is 99.2 Å². The van der Waals surface area contributed by atoms with Crippen molar-refractivity contribution in [1.82, 2.24) is 20.3 Å². The maximum Gasteiger partial charge on any atom is 0.391 e. The molecule has 0 heterocycles. The minimum absolute atomic E-state index is 0.330. The van der Waals surface area contributed by atoms with Crippen molar-refractivity contribution in [1.29, 1.82) is 0 Å². The standard InChI is InChI=1S/C27H38N4O4P2/c1-7-19-28-36(32,29-20-8-2)34-25-15-11-23(12-16-25)27(5,6)24-13-17-26(18-14-24)35-37(33,30-21-9-3)31-22-10-4/h7-18H,1-4,19-22H2,5-6H3,(H2,28,29,32)(H2,30,31,33). The van der Waals surface area contributed by atoms with E-state index in [1.54, 1.807) is 48.6 Å². The van der Waals surface area contributed by atoms with Gasteiger partial charge in [0, 0.05) is 31.6 Å². The lowest BCUT2D eigenvalue weighted by Gasteiger charge is -2.27. The lowest BCUT2D eigenvalue weighted by Crippen LogP contribution is -2.26. The van der Waals surface area contributed by atoms with Crippen LogP contribution in [-0.4, -0.2) is 26.2 Å². The van der Waals surface area contributed by atoms with Crippen LogP contribution in [0.5, 0.6) is 11.5 Å². The van der Waals surface area contributed by atoms with Crippen molar-refractivity contribution in [2.45, 2.75) is 19.3 Å². The molecule has 0 saturated heterocycles. The zero-order chi connectivity index (χ0) is 27.4. The largest absolute Gasteiger partial charge is 0.422 e. The quantitative estimate of drug-likeness (QED) is 0.132. The van der Waals surface area contributed by atoms with Gasteiger partial charge in [0.25, 0.3) is 0 Å². The fourth-order valence-electron chi connectivity index (χ4n) is 3.31. The molecule has 0 radical (unpaired) electrons. The second kappa shape index (κ2) is 14.3. The molecular formula is C27H38N4O4P2. The summed E-state index contributed by atoms with van der Waals surface area (Å²) in [4.78, 5) is 0. The van der Waals surface area contributed by atoms with Gasteiger partial charge in [0.2, 0.25) is 0 Å². The van der Waals surface area contributed by atoms with E-state index in [0.29, 0.717) is 37.7 Å². The summed E-state index contributed by atoms with van der Waals surface area (Å²) >= 11 is 0. The molecule has 0 aliphatic rings. The van der Waals surface area contributed by atoms with Crippen LogP contribution in [0.3, 0.4) is 0 Å². The van der Waals surface area contributed by atoms with E-state index >= 15 is 0 Å². The molecule has 0 unspecified atom stereocenters. The molecule has 2 aromatic carbocycles. The molecular weight excluding hydrogens is 506 g/mol. The molecule has 0 bridgehead atoms. The highest BCUT2D eigenvalue weighted by molar-refractivity contribution is 7.55. The van der Waals surface area contributed by atoms with Gasteiger partial charge < -0.3 is 9.05 Å². The highest BCUT2D eigenvalue weighted by atomic mass is 31.2. The second-order valence-electron chi connectivity index (χ2n) is 8.56. The Morgan fingerprint density at radius 1 is 0.622 bits per heavy atom. The molecule has 8 nitrogen and oxygen atoms in total. The summed E-state index contributed by atoms with van der Waals surface area (Å²) in [5, 5.41) is 11.4. The summed E-state index contributed by atoms with van der Waals surface area (Å²) in [7, 11) is -6.65. The maximum atomic E-state index is 13.1. The van der Waals surface area contributed by atoms with E-state index < -0.39 is 15.3 Å². The molecule has 37 heavy (non-hydrogen) atoms. The Kier molecular flexibility index (Phi) is 11.8. The van der Waals surface area contributed by atoms with E-state index in [2.05, 4.69) is 60.5 Å². The van der Waals surface area contributed by atoms with Gasteiger partial charge in [0.1, 0.15) is 11.5 Å². The fourth-order valence-corrected chi connectivity index (χ4v) is 6.11. The first-order valence-electron chi connectivity index (χ1n) is 11.9. The van der Waals surface area contributed by atoms with Gasteiger partial charge >= 0.3 is 15.3 Å². The van der Waals surface area contributed by atoms with Crippen LogP contribution in [0.25, 0.3) is 0 Å². The summed E-state index contributed by atoms with van der Waals surface area (Å²) < 4.78 is 37.7. The Bertz CT molecular complexity index is 1030. The monoisotopic (exact) mass is 544 g/mol. The van der Waals surface area contributed by atoms with E-state index in [1.807, 2.05) is 24.3 Å². The van der Waals surface area contributed by atoms with Crippen molar-refractivity contribution in [3.63, 3.8) is 0 Å². The van der Waals surface area contributed by atoms with E-state index in [4.69, 9.17) is 9.05 Å². The van der Waals surface area contributed by atoms with Crippen LogP contribution in [-0.2, 0) is 14.5 Å². The first-order valence-corrected chi connectivity index (χ1v) is 15.1. The minimum Gasteiger partial charge on any atom is -0.422 e. The van der Waals surface area contributed by atoms with Crippen molar-refractivity contribution >= 4 is 15.3 Å². The Labute approximate surface area is 221 Å². The normalized spacial score (nSPS) is 11.9. The Balaban J connectivity index is 2.17. The van der Waals surface area contributed by atoms with Crippen LogP contribution in [0, 0.1) is 0 Å².